The van der Waals surface area contributed by atoms with E-state index in [-0.39, 0.29) is 0 Å². The minimum atomic E-state index is 0.390. The van der Waals surface area contributed by atoms with Gasteiger partial charge >= 0.3 is 0 Å². The van der Waals surface area contributed by atoms with Gasteiger partial charge in [0, 0.05) is 17.6 Å². The Labute approximate surface area is 118 Å². The third-order valence-corrected chi connectivity index (χ3v) is 4.50. The van der Waals surface area contributed by atoms with E-state index < -0.39 is 0 Å². The van der Waals surface area contributed by atoms with E-state index in [2.05, 4.69) is 46.5 Å². The van der Waals surface area contributed by atoms with E-state index in [9.17, 15) is 0 Å². The molecule has 1 aliphatic heterocycles. The summed E-state index contributed by atoms with van der Waals surface area (Å²) in [5.74, 6) is 0. The van der Waals surface area contributed by atoms with Gasteiger partial charge in [-0.05, 0) is 37.0 Å². The molecule has 100 valence electrons. The third-order valence-electron chi connectivity index (χ3n) is 3.81. The Bertz CT molecular complexity index is 547. The summed E-state index contributed by atoms with van der Waals surface area (Å²) in [4.78, 5) is 6.91. The van der Waals surface area contributed by atoms with Crippen LogP contribution in [-0.2, 0) is 6.42 Å². The molecule has 0 saturated carbocycles. The number of aryl methyl sites for hydroxylation is 1. The van der Waals surface area contributed by atoms with Crippen LogP contribution in [0.5, 0.6) is 0 Å². The second-order valence-electron chi connectivity index (χ2n) is 4.98. The molecule has 1 atom stereocenters. The van der Waals surface area contributed by atoms with Crippen molar-refractivity contribution in [2.24, 2.45) is 0 Å². The molecule has 1 aromatic carbocycles. The van der Waals surface area contributed by atoms with Crippen molar-refractivity contribution in [1.82, 2.24) is 4.98 Å². The lowest BCUT2D eigenvalue weighted by atomic mass is 10.1. The maximum Gasteiger partial charge on any atom is 0.180 e. The molecule has 4 heteroatoms. The summed E-state index contributed by atoms with van der Waals surface area (Å²) >= 11 is 1.53. The molecule has 3 nitrogen and oxygen atoms in total. The molecule has 0 amide bonds. The summed E-state index contributed by atoms with van der Waals surface area (Å²) in [5.41, 5.74) is 9.57. The van der Waals surface area contributed by atoms with Crippen LogP contribution in [0.1, 0.15) is 37.1 Å². The number of thiazole rings is 1. The summed E-state index contributed by atoms with van der Waals surface area (Å²) in [6, 6.07) is 9.29. The van der Waals surface area contributed by atoms with Gasteiger partial charge in [0.25, 0.3) is 0 Å². The van der Waals surface area contributed by atoms with Crippen molar-refractivity contribution in [2.75, 3.05) is 17.2 Å². The molecular formula is C15H19N3S. The van der Waals surface area contributed by atoms with E-state index in [0.717, 1.165) is 18.7 Å². The number of aromatic nitrogens is 1. The van der Waals surface area contributed by atoms with Crippen molar-refractivity contribution in [3.05, 3.63) is 40.9 Å². The van der Waals surface area contributed by atoms with Crippen molar-refractivity contribution < 1.29 is 0 Å². The van der Waals surface area contributed by atoms with E-state index in [1.165, 1.54) is 35.4 Å². The zero-order chi connectivity index (χ0) is 13.2. The Morgan fingerprint density at radius 3 is 2.79 bits per heavy atom. The minimum absolute atomic E-state index is 0.390. The maximum absolute atomic E-state index is 5.76. The van der Waals surface area contributed by atoms with Gasteiger partial charge < -0.3 is 10.6 Å². The average molecular weight is 273 g/mol. The van der Waals surface area contributed by atoms with Crippen LogP contribution in [0.3, 0.4) is 0 Å². The highest BCUT2D eigenvalue weighted by atomic mass is 32.1. The quantitative estimate of drug-likeness (QED) is 0.928. The van der Waals surface area contributed by atoms with Gasteiger partial charge in [-0.2, -0.15) is 0 Å². The Balaban J connectivity index is 1.86. The number of hydrogen-bond donors (Lipinski definition) is 1. The lowest BCUT2D eigenvalue weighted by Crippen LogP contribution is -2.22. The molecule has 0 aliphatic carbocycles. The molecule has 2 heterocycles. The Morgan fingerprint density at radius 2 is 2.16 bits per heavy atom. The highest BCUT2D eigenvalue weighted by Gasteiger charge is 2.27. The molecular weight excluding hydrogens is 254 g/mol. The standard InChI is InChI=1S/C15H19N3S/c1-2-11-5-7-12(8-6-11)18-9-3-4-14(18)13-10-19-15(16)17-13/h5-8,10,14H,2-4,9H2,1H3,(H2,16,17). The van der Waals surface area contributed by atoms with Crippen LogP contribution in [0.15, 0.2) is 29.6 Å². The summed E-state index contributed by atoms with van der Waals surface area (Å²) in [7, 11) is 0. The number of hydrogen-bond acceptors (Lipinski definition) is 4. The van der Waals surface area contributed by atoms with Gasteiger partial charge in [0.05, 0.1) is 11.7 Å². The topological polar surface area (TPSA) is 42.1 Å². The Morgan fingerprint density at radius 1 is 1.37 bits per heavy atom. The van der Waals surface area contributed by atoms with Gasteiger partial charge in [-0.3, -0.25) is 0 Å². The first kappa shape index (κ1) is 12.5. The molecule has 1 unspecified atom stereocenters. The van der Waals surface area contributed by atoms with E-state index >= 15 is 0 Å². The van der Waals surface area contributed by atoms with E-state index in [1.54, 1.807) is 0 Å². The molecule has 0 bridgehead atoms. The van der Waals surface area contributed by atoms with Crippen LogP contribution in [0.25, 0.3) is 0 Å². The first-order valence-electron chi connectivity index (χ1n) is 6.84. The second kappa shape index (κ2) is 5.21. The van der Waals surface area contributed by atoms with Gasteiger partial charge in [-0.15, -0.1) is 11.3 Å². The zero-order valence-electron chi connectivity index (χ0n) is 11.2. The zero-order valence-corrected chi connectivity index (χ0v) is 12.0. The lowest BCUT2D eigenvalue weighted by Gasteiger charge is -2.25. The number of benzene rings is 1. The summed E-state index contributed by atoms with van der Waals surface area (Å²) in [6.45, 7) is 3.29. The second-order valence-corrected chi connectivity index (χ2v) is 5.87. The Hall–Kier alpha value is -1.55. The monoisotopic (exact) mass is 273 g/mol. The van der Waals surface area contributed by atoms with E-state index in [4.69, 9.17) is 5.73 Å². The fourth-order valence-corrected chi connectivity index (χ4v) is 3.37. The van der Waals surface area contributed by atoms with Gasteiger partial charge in [0.1, 0.15) is 0 Å². The van der Waals surface area contributed by atoms with Crippen molar-refractivity contribution in [3.8, 4) is 0 Å². The molecule has 2 aromatic rings. The molecule has 1 fully saturated rings. The molecule has 0 spiro atoms. The van der Waals surface area contributed by atoms with Crippen molar-refractivity contribution in [3.63, 3.8) is 0 Å². The molecule has 0 radical (unpaired) electrons. The number of anilines is 2. The van der Waals surface area contributed by atoms with Crippen molar-refractivity contribution in [2.45, 2.75) is 32.2 Å². The maximum atomic E-state index is 5.76. The predicted octanol–water partition coefficient (Wildman–Crippen LogP) is 3.63. The van der Waals surface area contributed by atoms with Gasteiger partial charge in [0.15, 0.2) is 5.13 Å². The van der Waals surface area contributed by atoms with Crippen LogP contribution >= 0.6 is 11.3 Å². The third kappa shape index (κ3) is 2.45. The van der Waals surface area contributed by atoms with Crippen LogP contribution in [0, 0.1) is 0 Å². The van der Waals surface area contributed by atoms with Gasteiger partial charge in [-0.1, -0.05) is 19.1 Å². The van der Waals surface area contributed by atoms with Crippen LogP contribution in [-0.4, -0.2) is 11.5 Å². The van der Waals surface area contributed by atoms with Crippen molar-refractivity contribution >= 4 is 22.2 Å². The summed E-state index contributed by atoms with van der Waals surface area (Å²) in [6.07, 6.45) is 3.47. The van der Waals surface area contributed by atoms with Gasteiger partial charge in [-0.25, -0.2) is 4.98 Å². The lowest BCUT2D eigenvalue weighted by molar-refractivity contribution is 0.700. The highest BCUT2D eigenvalue weighted by Crippen LogP contribution is 2.36. The predicted molar refractivity (Wildman–Crippen MR) is 81.7 cm³/mol. The van der Waals surface area contributed by atoms with Crippen LogP contribution < -0.4 is 10.6 Å². The molecule has 3 rings (SSSR count). The average Bonchev–Trinajstić information content (AvgIpc) is 3.07. The van der Waals surface area contributed by atoms with Crippen molar-refractivity contribution in [1.29, 1.82) is 0 Å². The molecule has 1 aliphatic rings. The highest BCUT2D eigenvalue weighted by molar-refractivity contribution is 7.13. The number of nitrogens with zero attached hydrogens (tertiary/aromatic N) is 2. The first-order chi connectivity index (χ1) is 9.28. The van der Waals surface area contributed by atoms with E-state index in [0.29, 0.717) is 11.2 Å². The molecule has 1 aromatic heterocycles. The SMILES string of the molecule is CCc1ccc(N2CCCC2c2csc(N)n2)cc1. The fourth-order valence-electron chi connectivity index (χ4n) is 2.76. The smallest absolute Gasteiger partial charge is 0.180 e. The number of rotatable bonds is 3. The molecule has 1 saturated heterocycles. The van der Waals surface area contributed by atoms with Crippen LogP contribution in [0.2, 0.25) is 0 Å². The number of nitrogens with two attached hydrogens (primary N) is 1. The number of nitrogen functional groups attached to an aromatic ring is 1. The largest absolute Gasteiger partial charge is 0.375 e. The normalized spacial score (nSPS) is 19.0. The Kier molecular flexibility index (Phi) is 3.42. The van der Waals surface area contributed by atoms with E-state index in [1.807, 2.05) is 0 Å². The first-order valence-corrected chi connectivity index (χ1v) is 7.72. The molecule has 2 N–H and O–H groups in total. The summed E-state index contributed by atoms with van der Waals surface area (Å²) in [5, 5.41) is 2.77. The van der Waals surface area contributed by atoms with Gasteiger partial charge in [0.2, 0.25) is 0 Å². The fraction of sp³-hybridized carbons (Fsp3) is 0.400. The minimum Gasteiger partial charge on any atom is -0.375 e. The molecule has 19 heavy (non-hydrogen) atoms. The summed E-state index contributed by atoms with van der Waals surface area (Å²) < 4.78 is 0. The van der Waals surface area contributed by atoms with Crippen LogP contribution in [0.4, 0.5) is 10.8 Å².